The number of aromatic nitrogens is 2. The molecule has 0 aliphatic carbocycles. The van der Waals surface area contributed by atoms with Crippen molar-refractivity contribution in [2.45, 2.75) is 6.18 Å². The second kappa shape index (κ2) is 3.99. The Labute approximate surface area is 96.5 Å². The second-order valence-electron chi connectivity index (χ2n) is 2.62. The molecule has 0 atom stereocenters. The van der Waals surface area contributed by atoms with Crippen molar-refractivity contribution >= 4 is 28.6 Å². The molecule has 1 aromatic heterocycles. The summed E-state index contributed by atoms with van der Waals surface area (Å²) in [6, 6.07) is 0. The third-order valence-electron chi connectivity index (χ3n) is 1.64. The monoisotopic (exact) mass is 334 g/mol. The summed E-state index contributed by atoms with van der Waals surface area (Å²) in [6.45, 7) is 0. The van der Waals surface area contributed by atoms with Crippen LogP contribution in [0, 0.1) is 3.57 Å². The van der Waals surface area contributed by atoms with Gasteiger partial charge in [0.05, 0.1) is 10.7 Å². The number of ether oxygens (including phenoxy) is 1. The van der Waals surface area contributed by atoms with E-state index < -0.39 is 17.8 Å². The van der Waals surface area contributed by atoms with Crippen molar-refractivity contribution < 1.29 is 22.7 Å². The Morgan fingerprint density at radius 3 is 2.40 bits per heavy atom. The van der Waals surface area contributed by atoms with Gasteiger partial charge in [-0.2, -0.15) is 18.3 Å². The highest BCUT2D eigenvalue weighted by Gasteiger charge is 2.39. The molecule has 1 aromatic rings. The quantitative estimate of drug-likeness (QED) is 0.581. The molecule has 0 amide bonds. The molecule has 0 N–H and O–H groups in total. The molecule has 1 heterocycles. The minimum Gasteiger partial charge on any atom is -0.464 e. The highest BCUT2D eigenvalue weighted by Crippen LogP contribution is 2.33. The summed E-state index contributed by atoms with van der Waals surface area (Å²) in [5.74, 6) is -0.843. The van der Waals surface area contributed by atoms with Gasteiger partial charge < -0.3 is 4.74 Å². The number of carbonyl (C=O) groups is 1. The largest absolute Gasteiger partial charge is 0.464 e. The molecule has 1 rings (SSSR count). The van der Waals surface area contributed by atoms with E-state index in [1.807, 2.05) is 0 Å². The highest BCUT2D eigenvalue weighted by atomic mass is 127. The summed E-state index contributed by atoms with van der Waals surface area (Å²) < 4.78 is 42.1. The normalized spacial score (nSPS) is 11.6. The van der Waals surface area contributed by atoms with Gasteiger partial charge in [0, 0.05) is 7.05 Å². The molecular weight excluding hydrogens is 328 g/mol. The van der Waals surface area contributed by atoms with Crippen LogP contribution in [0.15, 0.2) is 0 Å². The fraction of sp³-hybridized carbons (Fsp3) is 0.429. The van der Waals surface area contributed by atoms with Crippen LogP contribution in [-0.2, 0) is 18.0 Å². The topological polar surface area (TPSA) is 44.1 Å². The fourth-order valence-electron chi connectivity index (χ4n) is 0.998. The maximum atomic E-state index is 12.4. The van der Waals surface area contributed by atoms with Crippen LogP contribution in [0.4, 0.5) is 13.2 Å². The zero-order chi connectivity index (χ0) is 11.8. The summed E-state index contributed by atoms with van der Waals surface area (Å²) >= 11 is 1.42. The molecule has 0 aromatic carbocycles. The number of alkyl halides is 3. The lowest BCUT2D eigenvalue weighted by Crippen LogP contribution is -2.09. The van der Waals surface area contributed by atoms with Gasteiger partial charge in [-0.25, -0.2) is 4.79 Å². The molecule has 0 saturated carbocycles. The first-order valence-corrected chi connectivity index (χ1v) is 4.75. The Kier molecular flexibility index (Phi) is 3.26. The SMILES string of the molecule is COC(=O)c1c(I)c(C(F)(F)F)nn1C. The molecule has 0 spiro atoms. The first-order valence-electron chi connectivity index (χ1n) is 3.67. The zero-order valence-corrected chi connectivity index (χ0v) is 9.88. The van der Waals surface area contributed by atoms with E-state index in [-0.39, 0.29) is 9.26 Å². The molecular formula is C7H6F3IN2O2. The summed E-state index contributed by atoms with van der Waals surface area (Å²) in [6.07, 6.45) is -4.57. The molecule has 0 radical (unpaired) electrons. The highest BCUT2D eigenvalue weighted by molar-refractivity contribution is 14.1. The lowest BCUT2D eigenvalue weighted by atomic mass is 10.3. The van der Waals surface area contributed by atoms with E-state index in [9.17, 15) is 18.0 Å². The fourth-order valence-corrected chi connectivity index (χ4v) is 1.98. The predicted molar refractivity (Wildman–Crippen MR) is 52.3 cm³/mol. The van der Waals surface area contributed by atoms with Crippen LogP contribution in [-0.4, -0.2) is 22.9 Å². The number of esters is 1. The summed E-state index contributed by atoms with van der Waals surface area (Å²) in [5.41, 5.74) is -1.28. The van der Waals surface area contributed by atoms with Crippen molar-refractivity contribution in [1.82, 2.24) is 9.78 Å². The van der Waals surface area contributed by atoms with E-state index in [1.54, 1.807) is 0 Å². The van der Waals surface area contributed by atoms with Crippen LogP contribution in [0.1, 0.15) is 16.2 Å². The van der Waals surface area contributed by atoms with Gasteiger partial charge in [-0.05, 0) is 22.6 Å². The lowest BCUT2D eigenvalue weighted by molar-refractivity contribution is -0.142. The third-order valence-corrected chi connectivity index (χ3v) is 2.66. The van der Waals surface area contributed by atoms with Crippen molar-refractivity contribution in [1.29, 1.82) is 0 Å². The summed E-state index contributed by atoms with van der Waals surface area (Å²) in [5, 5.41) is 3.23. The number of rotatable bonds is 1. The molecule has 84 valence electrons. The molecule has 0 unspecified atom stereocenters. The van der Waals surface area contributed by atoms with E-state index in [2.05, 4.69) is 9.84 Å². The predicted octanol–water partition coefficient (Wildman–Crippen LogP) is 1.83. The maximum Gasteiger partial charge on any atom is 0.436 e. The van der Waals surface area contributed by atoms with Gasteiger partial charge in [0.1, 0.15) is 0 Å². The average molecular weight is 334 g/mol. The maximum absolute atomic E-state index is 12.4. The minimum absolute atomic E-state index is 0.203. The standard InChI is InChI=1S/C7H6F3IN2O2/c1-13-4(6(14)15-2)3(11)5(12-13)7(8,9)10/h1-2H3. The van der Waals surface area contributed by atoms with Crippen molar-refractivity contribution in [3.63, 3.8) is 0 Å². The number of carbonyl (C=O) groups excluding carboxylic acids is 1. The smallest absolute Gasteiger partial charge is 0.436 e. The van der Waals surface area contributed by atoms with E-state index in [1.165, 1.54) is 29.6 Å². The molecule has 0 bridgehead atoms. The minimum atomic E-state index is -4.57. The Morgan fingerprint density at radius 1 is 1.53 bits per heavy atom. The number of aryl methyl sites for hydroxylation is 1. The Bertz CT molecular complexity index is 400. The van der Waals surface area contributed by atoms with Gasteiger partial charge in [-0.1, -0.05) is 0 Å². The number of halogens is 4. The van der Waals surface area contributed by atoms with Gasteiger partial charge >= 0.3 is 12.1 Å². The molecule has 0 aliphatic heterocycles. The van der Waals surface area contributed by atoms with Gasteiger partial charge in [-0.3, -0.25) is 4.68 Å². The van der Waals surface area contributed by atoms with Gasteiger partial charge in [0.2, 0.25) is 0 Å². The van der Waals surface area contributed by atoms with E-state index in [0.717, 1.165) is 11.8 Å². The first-order chi connectivity index (χ1) is 6.79. The third kappa shape index (κ3) is 2.24. The van der Waals surface area contributed by atoms with E-state index in [4.69, 9.17) is 0 Å². The molecule has 15 heavy (non-hydrogen) atoms. The van der Waals surface area contributed by atoms with Crippen LogP contribution >= 0.6 is 22.6 Å². The molecule has 0 saturated heterocycles. The molecule has 0 fully saturated rings. The Morgan fingerprint density at radius 2 is 2.07 bits per heavy atom. The van der Waals surface area contributed by atoms with Crippen LogP contribution < -0.4 is 0 Å². The van der Waals surface area contributed by atoms with Crippen LogP contribution in [0.25, 0.3) is 0 Å². The van der Waals surface area contributed by atoms with Crippen LogP contribution in [0.3, 0.4) is 0 Å². The van der Waals surface area contributed by atoms with Crippen LogP contribution in [0.5, 0.6) is 0 Å². The Balaban J connectivity index is 3.33. The molecule has 0 aliphatic rings. The second-order valence-corrected chi connectivity index (χ2v) is 3.70. The van der Waals surface area contributed by atoms with E-state index >= 15 is 0 Å². The molecule has 4 nitrogen and oxygen atoms in total. The number of methoxy groups -OCH3 is 1. The van der Waals surface area contributed by atoms with Crippen molar-refractivity contribution in [3.05, 3.63) is 15.0 Å². The van der Waals surface area contributed by atoms with Gasteiger partial charge in [0.15, 0.2) is 11.4 Å². The van der Waals surface area contributed by atoms with Gasteiger partial charge in [0.25, 0.3) is 0 Å². The van der Waals surface area contributed by atoms with Crippen molar-refractivity contribution in [2.75, 3.05) is 7.11 Å². The van der Waals surface area contributed by atoms with Crippen molar-refractivity contribution in [3.8, 4) is 0 Å². The number of nitrogens with zero attached hydrogens (tertiary/aromatic N) is 2. The number of hydrogen-bond acceptors (Lipinski definition) is 3. The molecule has 8 heteroatoms. The summed E-state index contributed by atoms with van der Waals surface area (Å²) in [4.78, 5) is 11.1. The van der Waals surface area contributed by atoms with E-state index in [0.29, 0.717) is 0 Å². The Hall–Kier alpha value is -0.800. The average Bonchev–Trinajstić information content (AvgIpc) is 2.40. The zero-order valence-electron chi connectivity index (χ0n) is 7.72. The van der Waals surface area contributed by atoms with Crippen molar-refractivity contribution in [2.24, 2.45) is 7.05 Å². The van der Waals surface area contributed by atoms with Crippen LogP contribution in [0.2, 0.25) is 0 Å². The summed E-state index contributed by atoms with van der Waals surface area (Å²) in [7, 11) is 2.35. The lowest BCUT2D eigenvalue weighted by Gasteiger charge is -2.01. The van der Waals surface area contributed by atoms with Gasteiger partial charge in [-0.15, -0.1) is 0 Å². The number of hydrogen-bond donors (Lipinski definition) is 0. The first kappa shape index (κ1) is 12.3.